The molecule has 2 aromatic heterocycles. The van der Waals surface area contributed by atoms with Crippen molar-refractivity contribution in [2.45, 2.75) is 45.3 Å². The molecule has 0 saturated heterocycles. The van der Waals surface area contributed by atoms with Crippen molar-refractivity contribution in [2.24, 2.45) is 11.7 Å². The maximum Gasteiger partial charge on any atom is 0.306 e. The number of aryl methyl sites for hydroxylation is 1. The molecule has 7 nitrogen and oxygen atoms in total. The van der Waals surface area contributed by atoms with Gasteiger partial charge in [-0.05, 0) is 44.7 Å². The zero-order valence-corrected chi connectivity index (χ0v) is 13.6. The van der Waals surface area contributed by atoms with E-state index in [9.17, 15) is 4.79 Å². The highest BCUT2D eigenvalue weighted by atomic mass is 16.5. The Balaban J connectivity index is 1.69. The van der Waals surface area contributed by atoms with Crippen LogP contribution in [-0.4, -0.2) is 27.3 Å². The second-order valence-corrected chi connectivity index (χ2v) is 6.10. The van der Waals surface area contributed by atoms with Gasteiger partial charge in [-0.2, -0.15) is 0 Å². The fourth-order valence-corrected chi connectivity index (χ4v) is 3.08. The first kappa shape index (κ1) is 16.4. The lowest BCUT2D eigenvalue weighted by molar-refractivity contribution is -0.143. The van der Waals surface area contributed by atoms with Gasteiger partial charge in [0.25, 0.3) is 0 Å². The van der Waals surface area contributed by atoms with Crippen LogP contribution in [0, 0.1) is 12.8 Å². The predicted molar refractivity (Wildman–Crippen MR) is 86.4 cm³/mol. The highest BCUT2D eigenvalue weighted by Gasteiger charge is 2.28. The van der Waals surface area contributed by atoms with Gasteiger partial charge in [-0.1, -0.05) is 5.16 Å². The summed E-state index contributed by atoms with van der Waals surface area (Å²) in [4.78, 5) is 15.5. The monoisotopic (exact) mass is 331 g/mol. The lowest BCUT2D eigenvalue weighted by Gasteiger charge is -2.27. The average Bonchev–Trinajstić information content (AvgIpc) is 2.96. The van der Waals surface area contributed by atoms with Gasteiger partial charge in [0, 0.05) is 12.1 Å². The van der Waals surface area contributed by atoms with E-state index in [1.54, 1.807) is 12.3 Å². The van der Waals surface area contributed by atoms with Gasteiger partial charge in [0.2, 0.25) is 0 Å². The first-order valence-electron chi connectivity index (χ1n) is 8.09. The Kier molecular flexibility index (Phi) is 4.80. The lowest BCUT2D eigenvalue weighted by atomic mass is 9.87. The molecule has 128 valence electrons. The van der Waals surface area contributed by atoms with Crippen molar-refractivity contribution in [2.75, 3.05) is 0 Å². The standard InChI is InChI=1S/C17H21N3O4/c1-10-14(8-18)16(24-20-10)15-6-5-13(9-19-15)23-12-4-2-3-11(7-12)17(21)22/h5-6,9,11-12H,2-4,7-8,18H2,1H3,(H,21,22)/t11?,12-/m0/s1. The summed E-state index contributed by atoms with van der Waals surface area (Å²) in [5, 5.41) is 13.1. The number of aliphatic carboxylic acids is 1. The van der Waals surface area contributed by atoms with Crippen LogP contribution in [0.1, 0.15) is 36.9 Å². The van der Waals surface area contributed by atoms with E-state index in [1.165, 1.54) is 0 Å². The SMILES string of the molecule is Cc1noc(-c2ccc(O[C@H]3CCCC(C(=O)O)C3)cn2)c1CN. The van der Waals surface area contributed by atoms with Gasteiger partial charge in [0.1, 0.15) is 11.4 Å². The molecule has 0 spiro atoms. The third kappa shape index (κ3) is 3.41. The fourth-order valence-electron chi connectivity index (χ4n) is 3.08. The van der Waals surface area contributed by atoms with Gasteiger partial charge < -0.3 is 20.1 Å². The molecule has 1 saturated carbocycles. The maximum atomic E-state index is 11.1. The Morgan fingerprint density at radius 2 is 2.29 bits per heavy atom. The Hall–Kier alpha value is -2.41. The number of pyridine rings is 1. The van der Waals surface area contributed by atoms with Crippen LogP contribution in [0.2, 0.25) is 0 Å². The third-order valence-electron chi connectivity index (χ3n) is 4.44. The van der Waals surface area contributed by atoms with Crippen LogP contribution in [0.5, 0.6) is 5.75 Å². The molecule has 1 aliphatic rings. The minimum atomic E-state index is -0.744. The first-order valence-corrected chi connectivity index (χ1v) is 8.09. The van der Waals surface area contributed by atoms with Crippen LogP contribution < -0.4 is 10.5 Å². The Morgan fingerprint density at radius 1 is 1.46 bits per heavy atom. The molecule has 1 unspecified atom stereocenters. The maximum absolute atomic E-state index is 11.1. The van der Waals surface area contributed by atoms with Gasteiger partial charge in [-0.3, -0.25) is 4.79 Å². The number of carboxylic acids is 1. The molecule has 0 aromatic carbocycles. The van der Waals surface area contributed by atoms with Crippen LogP contribution in [0.25, 0.3) is 11.5 Å². The van der Waals surface area contributed by atoms with E-state index in [2.05, 4.69) is 10.1 Å². The van der Waals surface area contributed by atoms with Crippen LogP contribution >= 0.6 is 0 Å². The van der Waals surface area contributed by atoms with Crippen molar-refractivity contribution in [3.63, 3.8) is 0 Å². The number of hydrogen-bond acceptors (Lipinski definition) is 6. The molecule has 24 heavy (non-hydrogen) atoms. The highest BCUT2D eigenvalue weighted by Crippen LogP contribution is 2.29. The van der Waals surface area contributed by atoms with Gasteiger partial charge in [-0.15, -0.1) is 0 Å². The second kappa shape index (κ2) is 7.00. The van der Waals surface area contributed by atoms with Crippen molar-refractivity contribution in [3.05, 3.63) is 29.6 Å². The van der Waals surface area contributed by atoms with E-state index in [-0.39, 0.29) is 12.0 Å². The van der Waals surface area contributed by atoms with Crippen molar-refractivity contribution in [3.8, 4) is 17.2 Å². The molecule has 3 rings (SSSR count). The molecule has 7 heteroatoms. The van der Waals surface area contributed by atoms with Crippen molar-refractivity contribution < 1.29 is 19.2 Å². The third-order valence-corrected chi connectivity index (χ3v) is 4.44. The van der Waals surface area contributed by atoms with E-state index in [1.807, 2.05) is 13.0 Å². The second-order valence-electron chi connectivity index (χ2n) is 6.10. The Bertz CT molecular complexity index is 711. The van der Waals surface area contributed by atoms with E-state index in [0.29, 0.717) is 30.2 Å². The van der Waals surface area contributed by atoms with Crippen molar-refractivity contribution >= 4 is 5.97 Å². The summed E-state index contributed by atoms with van der Waals surface area (Å²) >= 11 is 0. The minimum Gasteiger partial charge on any atom is -0.489 e. The van der Waals surface area contributed by atoms with Crippen molar-refractivity contribution in [1.82, 2.24) is 10.1 Å². The number of nitrogens with two attached hydrogens (primary N) is 1. The number of aromatic nitrogens is 2. The zero-order chi connectivity index (χ0) is 17.1. The minimum absolute atomic E-state index is 0.0837. The summed E-state index contributed by atoms with van der Waals surface area (Å²) < 4.78 is 11.2. The summed E-state index contributed by atoms with van der Waals surface area (Å²) in [7, 11) is 0. The predicted octanol–water partition coefficient (Wildman–Crippen LogP) is 2.53. The molecule has 1 fully saturated rings. The molecule has 3 N–H and O–H groups in total. The molecule has 1 aliphatic carbocycles. The molecule has 2 aromatic rings. The summed E-state index contributed by atoms with van der Waals surface area (Å²) in [6.45, 7) is 2.18. The van der Waals surface area contributed by atoms with Gasteiger partial charge >= 0.3 is 5.97 Å². The number of hydrogen-bond donors (Lipinski definition) is 2. The van der Waals surface area contributed by atoms with E-state index in [4.69, 9.17) is 20.1 Å². The molecular weight excluding hydrogens is 310 g/mol. The lowest BCUT2D eigenvalue weighted by Crippen LogP contribution is -2.29. The number of rotatable bonds is 5. The number of carboxylic acid groups (broad SMARTS) is 1. The Morgan fingerprint density at radius 3 is 2.96 bits per heavy atom. The summed E-state index contributed by atoms with van der Waals surface area (Å²) in [6.07, 6.45) is 4.53. The van der Waals surface area contributed by atoms with Crippen LogP contribution in [0.3, 0.4) is 0 Å². The summed E-state index contributed by atoms with van der Waals surface area (Å²) in [5.41, 5.74) is 7.97. The van der Waals surface area contributed by atoms with Gasteiger partial charge in [-0.25, -0.2) is 4.98 Å². The van der Waals surface area contributed by atoms with Gasteiger partial charge in [0.05, 0.1) is 23.9 Å². The summed E-state index contributed by atoms with van der Waals surface area (Å²) in [6, 6.07) is 3.61. The molecule has 2 atom stereocenters. The van der Waals surface area contributed by atoms with Crippen LogP contribution in [-0.2, 0) is 11.3 Å². The molecule has 0 amide bonds. The van der Waals surface area contributed by atoms with Crippen LogP contribution in [0.15, 0.2) is 22.9 Å². The largest absolute Gasteiger partial charge is 0.489 e. The smallest absolute Gasteiger partial charge is 0.306 e. The zero-order valence-electron chi connectivity index (χ0n) is 13.6. The Labute approximate surface area is 139 Å². The van der Waals surface area contributed by atoms with E-state index in [0.717, 1.165) is 30.5 Å². The average molecular weight is 331 g/mol. The highest BCUT2D eigenvalue weighted by molar-refractivity contribution is 5.70. The normalized spacial score (nSPS) is 20.8. The van der Waals surface area contributed by atoms with Gasteiger partial charge in [0.15, 0.2) is 5.76 Å². The topological polar surface area (TPSA) is 111 Å². The molecule has 0 aliphatic heterocycles. The number of ether oxygens (including phenoxy) is 1. The van der Waals surface area contributed by atoms with Crippen molar-refractivity contribution in [1.29, 1.82) is 0 Å². The molecule has 0 radical (unpaired) electrons. The van der Waals surface area contributed by atoms with E-state index >= 15 is 0 Å². The van der Waals surface area contributed by atoms with E-state index < -0.39 is 5.97 Å². The quantitative estimate of drug-likeness (QED) is 0.865. The molecule has 0 bridgehead atoms. The molecule has 2 heterocycles. The summed E-state index contributed by atoms with van der Waals surface area (Å²) in [5.74, 6) is 0.137. The fraction of sp³-hybridized carbons (Fsp3) is 0.471. The number of carbonyl (C=O) groups is 1. The van der Waals surface area contributed by atoms with Crippen LogP contribution in [0.4, 0.5) is 0 Å². The number of nitrogens with zero attached hydrogens (tertiary/aromatic N) is 2. The first-order chi connectivity index (χ1) is 11.6. The molecular formula is C17H21N3O4.